The Labute approximate surface area is 117 Å². The van der Waals surface area contributed by atoms with Crippen molar-refractivity contribution < 1.29 is 14.4 Å². The highest BCUT2D eigenvalue weighted by Crippen LogP contribution is 2.43. The molecule has 0 saturated heterocycles. The van der Waals surface area contributed by atoms with Crippen LogP contribution in [0, 0.1) is 5.82 Å². The number of carbonyl (C=O) groups excluding carboxylic acids is 1. The van der Waals surface area contributed by atoms with E-state index in [-0.39, 0.29) is 21.8 Å². The molecule has 3 N–H and O–H groups in total. The Hall–Kier alpha value is -1.92. The van der Waals surface area contributed by atoms with Gasteiger partial charge >= 0.3 is 0 Å². The molecule has 1 amide bonds. The summed E-state index contributed by atoms with van der Waals surface area (Å²) in [6.45, 7) is 0. The molecule has 1 aromatic carbocycles. The molecule has 20 heavy (non-hydrogen) atoms. The van der Waals surface area contributed by atoms with Gasteiger partial charge in [0.15, 0.2) is 0 Å². The standard InChI is InChI=1S/C13H10ClFN2O3/c14-10-8-7(16-12(18)9(10)13(19)17-20)4-3-6(11(8)15)5-1-2-5/h3-5,20H,1-2H2,(H,16,18)(H,17,19). The number of amides is 1. The highest BCUT2D eigenvalue weighted by molar-refractivity contribution is 6.38. The Morgan fingerprint density at radius 2 is 2.15 bits per heavy atom. The average Bonchev–Trinajstić information content (AvgIpc) is 3.22. The molecule has 0 spiro atoms. The molecule has 1 saturated carbocycles. The van der Waals surface area contributed by atoms with Gasteiger partial charge in [0.2, 0.25) is 0 Å². The number of hydrogen-bond donors (Lipinski definition) is 3. The zero-order chi connectivity index (χ0) is 14.4. The molecule has 1 aliphatic carbocycles. The minimum atomic E-state index is -1.07. The van der Waals surface area contributed by atoms with E-state index >= 15 is 0 Å². The Morgan fingerprint density at radius 3 is 2.75 bits per heavy atom. The molecule has 7 heteroatoms. The molecule has 0 aliphatic heterocycles. The third kappa shape index (κ3) is 1.88. The maximum Gasteiger partial charge on any atom is 0.281 e. The zero-order valence-electron chi connectivity index (χ0n) is 10.2. The summed E-state index contributed by atoms with van der Waals surface area (Å²) in [6.07, 6.45) is 1.82. The van der Waals surface area contributed by atoms with Crippen LogP contribution < -0.4 is 11.0 Å². The van der Waals surface area contributed by atoms with Crippen LogP contribution in [-0.4, -0.2) is 16.1 Å². The van der Waals surface area contributed by atoms with E-state index in [0.29, 0.717) is 5.56 Å². The van der Waals surface area contributed by atoms with Crippen LogP contribution >= 0.6 is 11.6 Å². The molecule has 2 aromatic rings. The fourth-order valence-corrected chi connectivity index (χ4v) is 2.65. The minimum absolute atomic E-state index is 0.00531. The van der Waals surface area contributed by atoms with Gasteiger partial charge in [-0.05, 0) is 30.4 Å². The highest BCUT2D eigenvalue weighted by Gasteiger charge is 2.29. The van der Waals surface area contributed by atoms with Gasteiger partial charge in [-0.3, -0.25) is 14.8 Å². The molecule has 1 aliphatic rings. The van der Waals surface area contributed by atoms with Gasteiger partial charge in [-0.25, -0.2) is 9.87 Å². The fourth-order valence-electron chi connectivity index (χ4n) is 2.29. The summed E-state index contributed by atoms with van der Waals surface area (Å²) in [5, 5.41) is 8.33. The highest BCUT2D eigenvalue weighted by atomic mass is 35.5. The average molecular weight is 297 g/mol. The molecule has 1 heterocycles. The smallest absolute Gasteiger partial charge is 0.281 e. The summed E-state index contributed by atoms with van der Waals surface area (Å²) in [5.41, 5.74) is 0.789. The van der Waals surface area contributed by atoms with E-state index in [0.717, 1.165) is 12.8 Å². The minimum Gasteiger partial charge on any atom is -0.321 e. The van der Waals surface area contributed by atoms with E-state index < -0.39 is 22.8 Å². The van der Waals surface area contributed by atoms with Crippen LogP contribution in [0.4, 0.5) is 4.39 Å². The van der Waals surface area contributed by atoms with Crippen LogP contribution in [0.3, 0.4) is 0 Å². The quantitative estimate of drug-likeness (QED) is 0.587. The van der Waals surface area contributed by atoms with Crippen molar-refractivity contribution in [2.75, 3.05) is 0 Å². The van der Waals surface area contributed by atoms with Gasteiger partial charge < -0.3 is 4.98 Å². The van der Waals surface area contributed by atoms with Gasteiger partial charge in [-0.2, -0.15) is 0 Å². The van der Waals surface area contributed by atoms with Gasteiger partial charge in [0.25, 0.3) is 11.5 Å². The summed E-state index contributed by atoms with van der Waals surface area (Å²) in [5.74, 6) is -1.44. The van der Waals surface area contributed by atoms with E-state index in [4.69, 9.17) is 16.8 Å². The van der Waals surface area contributed by atoms with Crippen molar-refractivity contribution in [3.63, 3.8) is 0 Å². The topological polar surface area (TPSA) is 82.2 Å². The van der Waals surface area contributed by atoms with Crippen molar-refractivity contribution in [2.45, 2.75) is 18.8 Å². The monoisotopic (exact) mass is 296 g/mol. The van der Waals surface area contributed by atoms with Crippen molar-refractivity contribution in [2.24, 2.45) is 0 Å². The molecule has 0 unspecified atom stereocenters. The van der Waals surface area contributed by atoms with E-state index in [9.17, 15) is 14.0 Å². The number of hydroxylamine groups is 1. The summed E-state index contributed by atoms with van der Waals surface area (Å²) in [4.78, 5) is 25.6. The Kier molecular flexibility index (Phi) is 2.99. The van der Waals surface area contributed by atoms with E-state index in [2.05, 4.69) is 4.98 Å². The summed E-state index contributed by atoms with van der Waals surface area (Å²) in [6, 6.07) is 3.19. The maximum atomic E-state index is 14.5. The molecule has 1 fully saturated rings. The second-order valence-corrected chi connectivity index (χ2v) is 5.13. The number of aromatic amines is 1. The SMILES string of the molecule is O=C(NO)c1c(Cl)c2c(F)c(C3CC3)ccc2[nH]c1=O. The van der Waals surface area contributed by atoms with Crippen molar-refractivity contribution in [3.05, 3.63) is 44.5 Å². The molecule has 0 radical (unpaired) electrons. The lowest BCUT2D eigenvalue weighted by molar-refractivity contribution is 0.0705. The van der Waals surface area contributed by atoms with Crippen molar-refractivity contribution in [1.82, 2.24) is 10.5 Å². The first kappa shape index (κ1) is 13.1. The lowest BCUT2D eigenvalue weighted by atomic mass is 10.0. The molecule has 0 atom stereocenters. The first-order chi connectivity index (χ1) is 9.54. The second-order valence-electron chi connectivity index (χ2n) is 4.75. The van der Waals surface area contributed by atoms with Crippen molar-refractivity contribution in [1.29, 1.82) is 0 Å². The lowest BCUT2D eigenvalue weighted by Gasteiger charge is -2.09. The molecule has 3 rings (SSSR count). The van der Waals surface area contributed by atoms with Gasteiger partial charge in [-0.15, -0.1) is 0 Å². The number of fused-ring (bicyclic) bond motifs is 1. The predicted octanol–water partition coefficient (Wildman–Crippen LogP) is 2.32. The van der Waals surface area contributed by atoms with Crippen molar-refractivity contribution >= 4 is 28.4 Å². The molecule has 0 bridgehead atoms. The Bertz CT molecular complexity index is 783. The van der Waals surface area contributed by atoms with E-state index in [1.807, 2.05) is 0 Å². The number of aromatic nitrogens is 1. The molecule has 104 valence electrons. The Balaban J connectivity index is 2.36. The van der Waals surface area contributed by atoms with E-state index in [1.165, 1.54) is 5.48 Å². The lowest BCUT2D eigenvalue weighted by Crippen LogP contribution is -2.27. The summed E-state index contributed by atoms with van der Waals surface area (Å²) < 4.78 is 14.5. The van der Waals surface area contributed by atoms with Crippen molar-refractivity contribution in [3.8, 4) is 0 Å². The Morgan fingerprint density at radius 1 is 1.45 bits per heavy atom. The largest absolute Gasteiger partial charge is 0.321 e. The molecule has 5 nitrogen and oxygen atoms in total. The maximum absolute atomic E-state index is 14.5. The number of H-pyrrole nitrogens is 1. The van der Waals surface area contributed by atoms with Crippen LogP contribution in [0.15, 0.2) is 16.9 Å². The zero-order valence-corrected chi connectivity index (χ0v) is 10.9. The van der Waals surface area contributed by atoms with Gasteiger partial charge in [0.05, 0.1) is 15.9 Å². The number of hydrogen-bond acceptors (Lipinski definition) is 3. The van der Waals surface area contributed by atoms with Crippen LogP contribution in [0.25, 0.3) is 10.9 Å². The number of rotatable bonds is 2. The first-order valence-electron chi connectivity index (χ1n) is 6.03. The van der Waals surface area contributed by atoms with Crippen LogP contribution in [0.5, 0.6) is 0 Å². The number of carbonyl (C=O) groups is 1. The number of nitrogens with one attached hydrogen (secondary N) is 2. The molecule has 1 aromatic heterocycles. The van der Waals surface area contributed by atoms with E-state index in [1.54, 1.807) is 12.1 Å². The summed E-state index contributed by atoms with van der Waals surface area (Å²) >= 11 is 5.99. The second kappa shape index (κ2) is 4.57. The number of benzene rings is 1. The van der Waals surface area contributed by atoms with Crippen LogP contribution in [0.1, 0.15) is 34.7 Å². The fraction of sp³-hybridized carbons (Fsp3) is 0.231. The number of halogens is 2. The van der Waals surface area contributed by atoms with Gasteiger partial charge in [-0.1, -0.05) is 17.7 Å². The number of pyridine rings is 1. The predicted molar refractivity (Wildman–Crippen MR) is 70.8 cm³/mol. The van der Waals surface area contributed by atoms with Gasteiger partial charge in [0.1, 0.15) is 11.4 Å². The summed E-state index contributed by atoms with van der Waals surface area (Å²) in [7, 11) is 0. The van der Waals surface area contributed by atoms with Gasteiger partial charge in [0, 0.05) is 0 Å². The third-order valence-corrected chi connectivity index (χ3v) is 3.81. The van der Waals surface area contributed by atoms with Crippen LogP contribution in [-0.2, 0) is 0 Å². The normalized spacial score (nSPS) is 14.6. The third-order valence-electron chi connectivity index (χ3n) is 3.43. The van der Waals surface area contributed by atoms with Crippen LogP contribution in [0.2, 0.25) is 5.02 Å². The molecular formula is C13H10ClFN2O3. The first-order valence-corrected chi connectivity index (χ1v) is 6.40. The molecular weight excluding hydrogens is 287 g/mol.